The van der Waals surface area contributed by atoms with Crippen LogP contribution in [0.4, 0.5) is 5.13 Å². The predicted molar refractivity (Wildman–Crippen MR) is 92.0 cm³/mol. The Morgan fingerprint density at radius 3 is 2.67 bits per heavy atom. The Kier molecular flexibility index (Phi) is 4.96. The fourth-order valence-corrected chi connectivity index (χ4v) is 3.22. The molecule has 2 aromatic rings. The van der Waals surface area contributed by atoms with E-state index >= 15 is 0 Å². The number of nitrogens with one attached hydrogen (secondary N) is 1. The zero-order valence-corrected chi connectivity index (χ0v) is 14.7. The van der Waals surface area contributed by atoms with Crippen LogP contribution in [-0.4, -0.2) is 17.1 Å². The molecule has 1 aromatic heterocycles. The van der Waals surface area contributed by atoms with E-state index in [1.807, 2.05) is 17.7 Å². The van der Waals surface area contributed by atoms with Gasteiger partial charge in [0.25, 0.3) is 5.91 Å². The van der Waals surface area contributed by atoms with Gasteiger partial charge in [0.1, 0.15) is 0 Å². The molecule has 0 aliphatic rings. The lowest BCUT2D eigenvalue weighted by atomic mass is 9.93. The molecule has 2 rings (SSSR count). The molecular formula is C15H17ClN2OS2. The Labute approximate surface area is 138 Å². The van der Waals surface area contributed by atoms with Crippen LogP contribution in [0.2, 0.25) is 5.02 Å². The highest BCUT2D eigenvalue weighted by Gasteiger charge is 2.19. The largest absolute Gasteiger partial charge is 0.298 e. The number of carbonyl (C=O) groups is 1. The fraction of sp³-hybridized carbons (Fsp3) is 0.333. The van der Waals surface area contributed by atoms with Crippen LogP contribution in [0.1, 0.15) is 36.8 Å². The first-order chi connectivity index (χ1) is 9.81. The number of nitrogens with zero attached hydrogens (tertiary/aromatic N) is 1. The van der Waals surface area contributed by atoms with Gasteiger partial charge in [0.05, 0.1) is 16.3 Å². The zero-order valence-electron chi connectivity index (χ0n) is 12.4. The lowest BCUT2D eigenvalue weighted by Crippen LogP contribution is -2.14. The van der Waals surface area contributed by atoms with Crippen molar-refractivity contribution in [1.29, 1.82) is 0 Å². The van der Waals surface area contributed by atoms with E-state index in [4.69, 9.17) is 11.6 Å². The summed E-state index contributed by atoms with van der Waals surface area (Å²) in [5, 5.41) is 5.82. The number of benzene rings is 1. The monoisotopic (exact) mass is 340 g/mol. The quantitative estimate of drug-likeness (QED) is 0.793. The predicted octanol–water partition coefficient (Wildman–Crippen LogP) is 5.07. The van der Waals surface area contributed by atoms with Gasteiger partial charge in [-0.15, -0.1) is 23.1 Å². The van der Waals surface area contributed by atoms with Crippen molar-refractivity contribution in [3.05, 3.63) is 39.9 Å². The van der Waals surface area contributed by atoms with Gasteiger partial charge in [-0.25, -0.2) is 4.98 Å². The molecule has 1 amide bonds. The Hall–Kier alpha value is -1.04. The first-order valence-electron chi connectivity index (χ1n) is 6.42. The highest BCUT2D eigenvalue weighted by molar-refractivity contribution is 7.98. The number of halogens is 1. The molecule has 112 valence electrons. The van der Waals surface area contributed by atoms with Crippen LogP contribution in [0.15, 0.2) is 28.5 Å². The summed E-state index contributed by atoms with van der Waals surface area (Å²) in [6.45, 7) is 6.27. The van der Waals surface area contributed by atoms with E-state index in [9.17, 15) is 4.79 Å². The molecule has 0 aliphatic heterocycles. The second kappa shape index (κ2) is 6.38. The van der Waals surface area contributed by atoms with Gasteiger partial charge in [0.2, 0.25) is 0 Å². The molecule has 1 N–H and O–H groups in total. The number of amides is 1. The molecule has 0 saturated carbocycles. The third kappa shape index (κ3) is 3.99. The minimum Gasteiger partial charge on any atom is -0.298 e. The molecule has 0 aliphatic carbocycles. The third-order valence-electron chi connectivity index (χ3n) is 2.91. The molecule has 0 fully saturated rings. The maximum Gasteiger partial charge on any atom is 0.258 e. The van der Waals surface area contributed by atoms with E-state index in [-0.39, 0.29) is 11.3 Å². The molecule has 0 spiro atoms. The van der Waals surface area contributed by atoms with Crippen LogP contribution in [0.5, 0.6) is 0 Å². The van der Waals surface area contributed by atoms with Crippen LogP contribution in [0.3, 0.4) is 0 Å². The molecule has 3 nitrogen and oxygen atoms in total. The molecule has 0 atom stereocenters. The standard InChI is InChI=1S/C15H17ClN2OS2/c1-15(2,3)12-8-21-14(17-12)18-13(19)10-7-9(20-4)5-6-11(10)16/h5-8H,1-4H3,(H,17,18,19). The van der Waals surface area contributed by atoms with E-state index in [1.54, 1.807) is 23.9 Å². The third-order valence-corrected chi connectivity index (χ3v) is 4.72. The maximum absolute atomic E-state index is 12.3. The first-order valence-corrected chi connectivity index (χ1v) is 8.90. The SMILES string of the molecule is CSc1ccc(Cl)c(C(=O)Nc2nc(C(C)(C)C)cs2)c1. The van der Waals surface area contributed by atoms with Crippen molar-refractivity contribution < 1.29 is 4.79 Å². The maximum atomic E-state index is 12.3. The van der Waals surface area contributed by atoms with Gasteiger partial charge in [-0.2, -0.15) is 0 Å². The molecule has 1 heterocycles. The van der Waals surface area contributed by atoms with Crippen LogP contribution < -0.4 is 5.32 Å². The molecule has 0 unspecified atom stereocenters. The number of anilines is 1. The smallest absolute Gasteiger partial charge is 0.258 e. The van der Waals surface area contributed by atoms with Crippen molar-refractivity contribution in [3.8, 4) is 0 Å². The minimum atomic E-state index is -0.231. The molecule has 1 aromatic carbocycles. The second-order valence-corrected chi connectivity index (χ2v) is 7.73. The molecule has 0 bridgehead atoms. The molecule has 0 radical (unpaired) electrons. The number of hydrogen-bond acceptors (Lipinski definition) is 4. The highest BCUT2D eigenvalue weighted by Crippen LogP contribution is 2.28. The number of thioether (sulfide) groups is 1. The fourth-order valence-electron chi connectivity index (χ4n) is 1.65. The summed E-state index contributed by atoms with van der Waals surface area (Å²) in [5.74, 6) is -0.231. The number of hydrogen-bond donors (Lipinski definition) is 1. The van der Waals surface area contributed by atoms with E-state index < -0.39 is 0 Å². The lowest BCUT2D eigenvalue weighted by molar-refractivity contribution is 0.102. The number of carbonyl (C=O) groups excluding carboxylic acids is 1. The van der Waals surface area contributed by atoms with Crippen molar-refractivity contribution in [2.45, 2.75) is 31.1 Å². The normalized spacial score (nSPS) is 11.5. The number of rotatable bonds is 3. The van der Waals surface area contributed by atoms with Crippen molar-refractivity contribution in [2.75, 3.05) is 11.6 Å². The summed E-state index contributed by atoms with van der Waals surface area (Å²) >= 11 is 9.10. The minimum absolute atomic E-state index is 0.0319. The summed E-state index contributed by atoms with van der Waals surface area (Å²) in [5.41, 5.74) is 1.40. The van der Waals surface area contributed by atoms with Crippen molar-refractivity contribution >= 4 is 45.7 Å². The van der Waals surface area contributed by atoms with E-state index in [0.29, 0.717) is 15.7 Å². The van der Waals surface area contributed by atoms with E-state index in [0.717, 1.165) is 10.6 Å². The van der Waals surface area contributed by atoms with Gasteiger partial charge >= 0.3 is 0 Å². The first kappa shape index (κ1) is 16.3. The van der Waals surface area contributed by atoms with Gasteiger partial charge in [-0.05, 0) is 24.5 Å². The summed E-state index contributed by atoms with van der Waals surface area (Å²) in [4.78, 5) is 17.8. The summed E-state index contributed by atoms with van der Waals surface area (Å²) < 4.78 is 0. The highest BCUT2D eigenvalue weighted by atomic mass is 35.5. The van der Waals surface area contributed by atoms with Crippen LogP contribution in [0, 0.1) is 0 Å². The Morgan fingerprint density at radius 2 is 2.10 bits per heavy atom. The van der Waals surface area contributed by atoms with Crippen molar-refractivity contribution in [3.63, 3.8) is 0 Å². The van der Waals surface area contributed by atoms with Crippen molar-refractivity contribution in [2.24, 2.45) is 0 Å². The van der Waals surface area contributed by atoms with Crippen LogP contribution in [0.25, 0.3) is 0 Å². The van der Waals surface area contributed by atoms with Gasteiger partial charge in [0.15, 0.2) is 5.13 Å². The van der Waals surface area contributed by atoms with E-state index in [2.05, 4.69) is 31.1 Å². The summed E-state index contributed by atoms with van der Waals surface area (Å²) in [7, 11) is 0. The molecule has 6 heteroatoms. The average Bonchev–Trinajstić information content (AvgIpc) is 2.87. The Balaban J connectivity index is 2.20. The van der Waals surface area contributed by atoms with Gasteiger partial charge in [0, 0.05) is 15.7 Å². The Bertz CT molecular complexity index is 662. The zero-order chi connectivity index (χ0) is 15.6. The van der Waals surface area contributed by atoms with Gasteiger partial charge in [-0.3, -0.25) is 10.1 Å². The number of thiazole rings is 1. The number of aromatic nitrogens is 1. The summed E-state index contributed by atoms with van der Waals surface area (Å²) in [6.07, 6.45) is 1.96. The summed E-state index contributed by atoms with van der Waals surface area (Å²) in [6, 6.07) is 5.43. The molecular weight excluding hydrogens is 324 g/mol. The molecule has 0 saturated heterocycles. The van der Waals surface area contributed by atoms with Gasteiger partial charge < -0.3 is 0 Å². The topological polar surface area (TPSA) is 42.0 Å². The van der Waals surface area contributed by atoms with Crippen LogP contribution in [-0.2, 0) is 5.41 Å². The second-order valence-electron chi connectivity index (χ2n) is 5.59. The van der Waals surface area contributed by atoms with E-state index in [1.165, 1.54) is 11.3 Å². The lowest BCUT2D eigenvalue weighted by Gasteiger charge is -2.14. The van der Waals surface area contributed by atoms with Gasteiger partial charge in [-0.1, -0.05) is 32.4 Å². The Morgan fingerprint density at radius 1 is 1.38 bits per heavy atom. The molecule has 21 heavy (non-hydrogen) atoms. The van der Waals surface area contributed by atoms with Crippen LogP contribution >= 0.6 is 34.7 Å². The van der Waals surface area contributed by atoms with Crippen molar-refractivity contribution in [1.82, 2.24) is 4.98 Å². The average molecular weight is 341 g/mol.